The van der Waals surface area contributed by atoms with Crippen molar-refractivity contribution in [2.45, 2.75) is 11.9 Å². The molecule has 0 radical (unpaired) electrons. The number of sulfonamides is 1. The second-order valence-electron chi connectivity index (χ2n) is 5.22. The average molecular weight is 451 g/mol. The number of carbonyl (C=O) groups excluding carboxylic acids is 1. The first-order chi connectivity index (χ1) is 12.0. The largest absolute Gasteiger partial charge is 0.472 e. The van der Waals surface area contributed by atoms with Crippen LogP contribution in [0.5, 0.6) is 0 Å². The van der Waals surface area contributed by atoms with Crippen molar-refractivity contribution in [2.24, 2.45) is 0 Å². The Hall–Kier alpha value is -1.91. The number of para-hydroxylation sites is 1. The molecule has 1 amide bonds. The molecule has 0 atom stereocenters. The standard InChI is InChI=1S/C16H14BrF3N2O3S/c1-21-26(24,25)10-11-7-8-14(13(17)9-11)22(15(23)16(18,19)20)12-5-3-2-4-6-12/h2-9,21H,10H2,1H3. The normalized spacial score (nSPS) is 12.0. The molecule has 0 aliphatic rings. The van der Waals surface area contributed by atoms with Gasteiger partial charge in [-0.15, -0.1) is 0 Å². The van der Waals surface area contributed by atoms with Gasteiger partial charge in [0.05, 0.1) is 11.4 Å². The van der Waals surface area contributed by atoms with Gasteiger partial charge in [-0.3, -0.25) is 9.69 Å². The molecule has 10 heteroatoms. The average Bonchev–Trinajstić information content (AvgIpc) is 2.57. The molecule has 0 aliphatic carbocycles. The Labute approximate surface area is 157 Å². The van der Waals surface area contributed by atoms with E-state index in [0.717, 1.165) is 0 Å². The van der Waals surface area contributed by atoms with E-state index in [1.165, 1.54) is 49.5 Å². The summed E-state index contributed by atoms with van der Waals surface area (Å²) in [7, 11) is -2.28. The number of carbonyl (C=O) groups is 1. The number of benzene rings is 2. The molecule has 0 bridgehead atoms. The van der Waals surface area contributed by atoms with E-state index in [1.54, 1.807) is 6.07 Å². The fourth-order valence-electron chi connectivity index (χ4n) is 2.18. The molecule has 1 N–H and O–H groups in total. The summed E-state index contributed by atoms with van der Waals surface area (Å²) in [6.07, 6.45) is -5.08. The van der Waals surface area contributed by atoms with E-state index in [4.69, 9.17) is 0 Å². The molecule has 0 unspecified atom stereocenters. The van der Waals surface area contributed by atoms with Crippen molar-refractivity contribution >= 4 is 43.2 Å². The number of nitrogens with zero attached hydrogens (tertiary/aromatic N) is 1. The van der Waals surface area contributed by atoms with E-state index in [2.05, 4.69) is 20.7 Å². The molecule has 0 heterocycles. The van der Waals surface area contributed by atoms with Crippen LogP contribution in [0.3, 0.4) is 0 Å². The Morgan fingerprint density at radius 2 is 1.77 bits per heavy atom. The van der Waals surface area contributed by atoms with Crippen LogP contribution in [0, 0.1) is 0 Å². The van der Waals surface area contributed by atoms with Gasteiger partial charge in [-0.25, -0.2) is 13.1 Å². The van der Waals surface area contributed by atoms with Crippen molar-refractivity contribution in [1.29, 1.82) is 0 Å². The Bertz CT molecular complexity index is 903. The first-order valence-corrected chi connectivity index (χ1v) is 9.65. The Morgan fingerprint density at radius 3 is 2.27 bits per heavy atom. The second kappa shape index (κ2) is 7.77. The van der Waals surface area contributed by atoms with E-state index in [9.17, 15) is 26.4 Å². The summed E-state index contributed by atoms with van der Waals surface area (Å²) in [6, 6.07) is 11.4. The maximum absolute atomic E-state index is 13.1. The minimum absolute atomic E-state index is 0.0334. The molecule has 2 aromatic carbocycles. The van der Waals surface area contributed by atoms with E-state index in [-0.39, 0.29) is 21.6 Å². The van der Waals surface area contributed by atoms with Gasteiger partial charge < -0.3 is 0 Å². The lowest BCUT2D eigenvalue weighted by Gasteiger charge is -2.25. The predicted molar refractivity (Wildman–Crippen MR) is 95.5 cm³/mol. The monoisotopic (exact) mass is 450 g/mol. The highest BCUT2D eigenvalue weighted by molar-refractivity contribution is 9.10. The fourth-order valence-corrected chi connectivity index (χ4v) is 3.55. The van der Waals surface area contributed by atoms with Crippen LogP contribution in [-0.2, 0) is 20.6 Å². The minimum atomic E-state index is -5.08. The lowest BCUT2D eigenvalue weighted by Crippen LogP contribution is -2.38. The number of amides is 1. The molecular weight excluding hydrogens is 437 g/mol. The molecule has 0 saturated carbocycles. The zero-order valence-corrected chi connectivity index (χ0v) is 15.8. The summed E-state index contributed by atoms with van der Waals surface area (Å²) in [6.45, 7) is 0. The predicted octanol–water partition coefficient (Wildman–Crippen LogP) is 3.73. The zero-order valence-electron chi connectivity index (χ0n) is 13.4. The summed E-state index contributed by atoms with van der Waals surface area (Å²) in [5.74, 6) is -2.40. The number of alkyl halides is 3. The van der Waals surface area contributed by atoms with E-state index < -0.39 is 22.1 Å². The van der Waals surface area contributed by atoms with Crippen LogP contribution in [0.2, 0.25) is 0 Å². The van der Waals surface area contributed by atoms with E-state index >= 15 is 0 Å². The number of nitrogens with one attached hydrogen (secondary N) is 1. The summed E-state index contributed by atoms with van der Waals surface area (Å²) in [5, 5.41) is 0. The Balaban J connectivity index is 2.51. The summed E-state index contributed by atoms with van der Waals surface area (Å²) in [5.41, 5.74) is 0.331. The smallest absolute Gasteiger partial charge is 0.272 e. The first-order valence-electron chi connectivity index (χ1n) is 7.21. The highest BCUT2D eigenvalue weighted by Gasteiger charge is 2.44. The highest BCUT2D eigenvalue weighted by Crippen LogP contribution is 2.36. The van der Waals surface area contributed by atoms with Gasteiger partial charge in [-0.1, -0.05) is 24.3 Å². The summed E-state index contributed by atoms with van der Waals surface area (Å²) in [4.78, 5) is 12.5. The van der Waals surface area contributed by atoms with Crippen molar-refractivity contribution in [3.63, 3.8) is 0 Å². The van der Waals surface area contributed by atoms with Gasteiger partial charge in [-0.2, -0.15) is 13.2 Å². The molecule has 0 aromatic heterocycles. The van der Waals surface area contributed by atoms with E-state index in [0.29, 0.717) is 10.5 Å². The van der Waals surface area contributed by atoms with Gasteiger partial charge in [0.2, 0.25) is 10.0 Å². The Kier molecular flexibility index (Phi) is 6.09. The van der Waals surface area contributed by atoms with Crippen LogP contribution < -0.4 is 9.62 Å². The van der Waals surface area contributed by atoms with Crippen molar-refractivity contribution in [3.8, 4) is 0 Å². The van der Waals surface area contributed by atoms with Gasteiger partial charge in [-0.05, 0) is 52.8 Å². The van der Waals surface area contributed by atoms with Gasteiger partial charge >= 0.3 is 12.1 Å². The van der Waals surface area contributed by atoms with Crippen molar-refractivity contribution in [1.82, 2.24) is 4.72 Å². The first kappa shape index (κ1) is 20.4. The van der Waals surface area contributed by atoms with Gasteiger partial charge in [0.15, 0.2) is 0 Å². The third-order valence-corrected chi connectivity index (χ3v) is 5.35. The van der Waals surface area contributed by atoms with Crippen LogP contribution in [0.25, 0.3) is 0 Å². The highest BCUT2D eigenvalue weighted by atomic mass is 79.9. The van der Waals surface area contributed by atoms with Gasteiger partial charge in [0.1, 0.15) is 0 Å². The molecule has 2 rings (SSSR count). The van der Waals surface area contributed by atoms with Crippen LogP contribution in [0.4, 0.5) is 24.5 Å². The van der Waals surface area contributed by atoms with Crippen molar-refractivity contribution in [3.05, 3.63) is 58.6 Å². The number of halogens is 4. The third-order valence-electron chi connectivity index (χ3n) is 3.38. The Morgan fingerprint density at radius 1 is 1.15 bits per heavy atom. The van der Waals surface area contributed by atoms with Crippen LogP contribution in [-0.4, -0.2) is 27.5 Å². The van der Waals surface area contributed by atoms with Crippen LogP contribution in [0.15, 0.2) is 53.0 Å². The van der Waals surface area contributed by atoms with Crippen LogP contribution in [0.1, 0.15) is 5.56 Å². The molecule has 0 fully saturated rings. The maximum atomic E-state index is 13.1. The molecule has 0 aliphatic heterocycles. The maximum Gasteiger partial charge on any atom is 0.472 e. The number of hydrogen-bond acceptors (Lipinski definition) is 3. The molecule has 140 valence electrons. The van der Waals surface area contributed by atoms with E-state index in [1.807, 2.05) is 0 Å². The minimum Gasteiger partial charge on any atom is -0.272 e. The lowest BCUT2D eigenvalue weighted by molar-refractivity contribution is -0.169. The molecule has 26 heavy (non-hydrogen) atoms. The quantitative estimate of drug-likeness (QED) is 0.754. The number of hydrogen-bond donors (Lipinski definition) is 1. The number of anilines is 2. The SMILES string of the molecule is CNS(=O)(=O)Cc1ccc(N(C(=O)C(F)(F)F)c2ccccc2)c(Br)c1. The zero-order chi connectivity index (χ0) is 19.5. The molecule has 2 aromatic rings. The number of rotatable bonds is 5. The fraction of sp³-hybridized carbons (Fsp3) is 0.188. The van der Waals surface area contributed by atoms with Crippen LogP contribution >= 0.6 is 15.9 Å². The molecular formula is C16H14BrF3N2O3S. The molecule has 0 saturated heterocycles. The van der Waals surface area contributed by atoms with Crippen molar-refractivity contribution < 1.29 is 26.4 Å². The van der Waals surface area contributed by atoms with Gasteiger partial charge in [0.25, 0.3) is 0 Å². The summed E-state index contributed by atoms with van der Waals surface area (Å²) < 4.78 is 64.7. The molecule has 5 nitrogen and oxygen atoms in total. The lowest BCUT2D eigenvalue weighted by atomic mass is 10.2. The third kappa shape index (κ3) is 4.83. The topological polar surface area (TPSA) is 66.5 Å². The molecule has 0 spiro atoms. The van der Waals surface area contributed by atoms with Gasteiger partial charge in [0, 0.05) is 10.2 Å². The second-order valence-corrected chi connectivity index (χ2v) is 8.00. The summed E-state index contributed by atoms with van der Waals surface area (Å²) >= 11 is 3.13. The van der Waals surface area contributed by atoms with Crippen molar-refractivity contribution in [2.75, 3.05) is 11.9 Å².